The Hall–Kier alpha value is -2.91. The van der Waals surface area contributed by atoms with Crippen molar-refractivity contribution in [3.05, 3.63) is 46.8 Å². The molecule has 1 aromatic carbocycles. The highest BCUT2D eigenvalue weighted by molar-refractivity contribution is 7.21. The molecule has 1 aliphatic rings. The lowest BCUT2D eigenvalue weighted by Gasteiger charge is -2.14. The Labute approximate surface area is 155 Å². The van der Waals surface area contributed by atoms with Gasteiger partial charge in [0.1, 0.15) is 4.83 Å². The largest absolute Gasteiger partial charge is 0.336 e. The van der Waals surface area contributed by atoms with Gasteiger partial charge in [0.2, 0.25) is 0 Å². The van der Waals surface area contributed by atoms with Gasteiger partial charge < -0.3 is 10.6 Å². The van der Waals surface area contributed by atoms with E-state index in [1.54, 1.807) is 28.4 Å². The third kappa shape index (κ3) is 2.44. The molecule has 0 spiro atoms. The maximum atomic E-state index is 12.5. The summed E-state index contributed by atoms with van der Waals surface area (Å²) in [4.78, 5) is 32.8. The molecule has 1 saturated heterocycles. The number of nitrogens with zero attached hydrogens (tertiary/aromatic N) is 3. The van der Waals surface area contributed by atoms with Crippen LogP contribution in [0.5, 0.6) is 0 Å². The van der Waals surface area contributed by atoms with Crippen LogP contribution in [-0.4, -0.2) is 34.4 Å². The highest BCUT2D eigenvalue weighted by Crippen LogP contribution is 2.29. The molecule has 1 aliphatic heterocycles. The number of carbonyl (C=O) groups excluding carboxylic acids is 2. The predicted octanol–water partition coefficient (Wildman–Crippen LogP) is 3.39. The van der Waals surface area contributed by atoms with E-state index in [0.29, 0.717) is 23.7 Å². The molecule has 3 aromatic heterocycles. The summed E-state index contributed by atoms with van der Waals surface area (Å²) < 4.78 is 1.99. The van der Waals surface area contributed by atoms with Gasteiger partial charge in [-0.1, -0.05) is 0 Å². The summed E-state index contributed by atoms with van der Waals surface area (Å²) in [5, 5.41) is 7.64. The predicted molar refractivity (Wildman–Crippen MR) is 104 cm³/mol. The van der Waals surface area contributed by atoms with E-state index in [2.05, 4.69) is 15.6 Å². The quantitative estimate of drug-likeness (QED) is 0.569. The SMILES string of the molecule is O=C(Nc1ccc(N2CCNC2=O)cc1)c1cc2c(nc3sccn32)s1. The number of nitrogens with one attached hydrogen (secondary N) is 2. The minimum atomic E-state index is -0.163. The van der Waals surface area contributed by atoms with Crippen molar-refractivity contribution in [2.45, 2.75) is 0 Å². The number of rotatable bonds is 3. The highest BCUT2D eigenvalue weighted by atomic mass is 32.1. The maximum Gasteiger partial charge on any atom is 0.321 e. The number of hydrogen-bond acceptors (Lipinski definition) is 5. The van der Waals surface area contributed by atoms with E-state index in [1.807, 2.05) is 34.2 Å². The lowest BCUT2D eigenvalue weighted by molar-refractivity contribution is 0.103. The molecule has 4 aromatic rings. The van der Waals surface area contributed by atoms with E-state index >= 15 is 0 Å². The molecule has 2 N–H and O–H groups in total. The molecule has 0 unspecified atom stereocenters. The van der Waals surface area contributed by atoms with Crippen molar-refractivity contribution in [1.29, 1.82) is 0 Å². The van der Waals surface area contributed by atoms with Crippen LogP contribution in [0.3, 0.4) is 0 Å². The average Bonchev–Trinajstić information content (AvgIpc) is 3.37. The fourth-order valence-corrected chi connectivity index (χ4v) is 4.69. The number of aromatic nitrogens is 2. The molecule has 0 atom stereocenters. The third-order valence-corrected chi connectivity index (χ3v) is 6.03. The first-order valence-electron chi connectivity index (χ1n) is 8.01. The number of urea groups is 1. The average molecular weight is 383 g/mol. The second-order valence-electron chi connectivity index (χ2n) is 5.85. The van der Waals surface area contributed by atoms with Crippen molar-refractivity contribution in [3.63, 3.8) is 0 Å². The molecule has 3 amide bonds. The summed E-state index contributed by atoms with van der Waals surface area (Å²) in [6, 6.07) is 9.04. The second kappa shape index (κ2) is 5.82. The van der Waals surface area contributed by atoms with Gasteiger partial charge in [-0.25, -0.2) is 9.78 Å². The Morgan fingerprint density at radius 3 is 2.88 bits per heavy atom. The highest BCUT2D eigenvalue weighted by Gasteiger charge is 2.21. The van der Waals surface area contributed by atoms with Crippen LogP contribution in [0.2, 0.25) is 0 Å². The van der Waals surface area contributed by atoms with Gasteiger partial charge in [-0.05, 0) is 30.3 Å². The summed E-state index contributed by atoms with van der Waals surface area (Å²) in [5.74, 6) is -0.163. The van der Waals surface area contributed by atoms with Gasteiger partial charge in [0.05, 0.1) is 10.4 Å². The van der Waals surface area contributed by atoms with Crippen LogP contribution in [0.1, 0.15) is 9.67 Å². The number of thiophene rings is 1. The zero-order chi connectivity index (χ0) is 17.7. The fraction of sp³-hybridized carbons (Fsp3) is 0.118. The maximum absolute atomic E-state index is 12.5. The van der Waals surface area contributed by atoms with Crippen LogP contribution in [-0.2, 0) is 0 Å². The van der Waals surface area contributed by atoms with Crippen molar-refractivity contribution in [2.24, 2.45) is 0 Å². The topological polar surface area (TPSA) is 78.7 Å². The molecule has 0 aliphatic carbocycles. The second-order valence-corrected chi connectivity index (χ2v) is 7.76. The minimum absolute atomic E-state index is 0.0936. The van der Waals surface area contributed by atoms with E-state index in [4.69, 9.17) is 0 Å². The van der Waals surface area contributed by atoms with Crippen LogP contribution in [0, 0.1) is 0 Å². The number of imidazole rings is 1. The van der Waals surface area contributed by atoms with Crippen LogP contribution in [0.25, 0.3) is 15.3 Å². The fourth-order valence-electron chi connectivity index (χ4n) is 2.99. The molecule has 0 radical (unpaired) electrons. The Kier molecular flexibility index (Phi) is 3.44. The Bertz CT molecular complexity index is 1140. The van der Waals surface area contributed by atoms with Gasteiger partial charge >= 0.3 is 6.03 Å². The summed E-state index contributed by atoms with van der Waals surface area (Å²) in [7, 11) is 0. The van der Waals surface area contributed by atoms with Crippen LogP contribution in [0.4, 0.5) is 16.2 Å². The molecule has 4 heterocycles. The molecule has 7 nitrogen and oxygen atoms in total. The minimum Gasteiger partial charge on any atom is -0.336 e. The number of hydrogen-bond donors (Lipinski definition) is 2. The molecule has 0 saturated carbocycles. The summed E-state index contributed by atoms with van der Waals surface area (Å²) in [6.07, 6.45) is 1.96. The van der Waals surface area contributed by atoms with Gasteiger partial charge in [0.25, 0.3) is 5.91 Å². The normalized spacial score (nSPS) is 14.3. The van der Waals surface area contributed by atoms with Crippen molar-refractivity contribution >= 4 is 61.3 Å². The first-order chi connectivity index (χ1) is 12.7. The van der Waals surface area contributed by atoms with E-state index in [0.717, 1.165) is 21.0 Å². The monoisotopic (exact) mass is 383 g/mol. The first kappa shape index (κ1) is 15.4. The van der Waals surface area contributed by atoms with Crippen molar-refractivity contribution in [1.82, 2.24) is 14.7 Å². The number of anilines is 2. The van der Waals surface area contributed by atoms with Crippen molar-refractivity contribution in [2.75, 3.05) is 23.3 Å². The Morgan fingerprint density at radius 2 is 2.12 bits per heavy atom. The number of carbonyl (C=O) groups is 2. The number of benzene rings is 1. The van der Waals surface area contributed by atoms with Gasteiger partial charge in [-0.3, -0.25) is 14.1 Å². The van der Waals surface area contributed by atoms with Gasteiger partial charge in [0.15, 0.2) is 4.96 Å². The van der Waals surface area contributed by atoms with Crippen LogP contribution < -0.4 is 15.5 Å². The van der Waals surface area contributed by atoms with Crippen molar-refractivity contribution < 1.29 is 9.59 Å². The molecule has 9 heteroatoms. The van der Waals surface area contributed by atoms with E-state index < -0.39 is 0 Å². The molecule has 0 bridgehead atoms. The smallest absolute Gasteiger partial charge is 0.321 e. The van der Waals surface area contributed by atoms with E-state index in [-0.39, 0.29) is 11.9 Å². The zero-order valence-electron chi connectivity index (χ0n) is 13.4. The Morgan fingerprint density at radius 1 is 1.27 bits per heavy atom. The van der Waals surface area contributed by atoms with Crippen LogP contribution >= 0.6 is 22.7 Å². The summed E-state index contributed by atoms with van der Waals surface area (Å²) >= 11 is 2.95. The van der Waals surface area contributed by atoms with Crippen molar-refractivity contribution in [3.8, 4) is 0 Å². The zero-order valence-corrected chi connectivity index (χ0v) is 15.1. The molecule has 26 heavy (non-hydrogen) atoms. The third-order valence-electron chi connectivity index (χ3n) is 4.26. The van der Waals surface area contributed by atoms with E-state index in [9.17, 15) is 9.59 Å². The van der Waals surface area contributed by atoms with Gasteiger partial charge in [-0.2, -0.15) is 0 Å². The summed E-state index contributed by atoms with van der Waals surface area (Å²) in [6.45, 7) is 1.30. The van der Waals surface area contributed by atoms with E-state index in [1.165, 1.54) is 11.3 Å². The number of fused-ring (bicyclic) bond motifs is 3. The molecule has 1 fully saturated rings. The van der Waals surface area contributed by atoms with Crippen LogP contribution in [0.15, 0.2) is 41.9 Å². The number of amides is 3. The molecular weight excluding hydrogens is 370 g/mol. The van der Waals surface area contributed by atoms with Gasteiger partial charge in [-0.15, -0.1) is 22.7 Å². The molecule has 5 rings (SSSR count). The lowest BCUT2D eigenvalue weighted by atomic mass is 10.2. The van der Waals surface area contributed by atoms with Gasteiger partial charge in [0, 0.05) is 36.0 Å². The number of thiazole rings is 1. The Balaban J connectivity index is 1.36. The standard InChI is InChI=1S/C17H13N5O2S2/c23-14(13-9-12-15(26-13)20-17-22(12)7-8-25-17)19-10-1-3-11(4-2-10)21-6-5-18-16(21)24/h1-4,7-9H,5-6H2,(H,18,24)(H,19,23). The molecule has 130 valence electrons. The molecular formula is C17H13N5O2S2. The lowest BCUT2D eigenvalue weighted by Crippen LogP contribution is -2.27. The summed E-state index contributed by atoms with van der Waals surface area (Å²) in [5.41, 5.74) is 2.45. The first-order valence-corrected chi connectivity index (χ1v) is 9.70.